The van der Waals surface area contributed by atoms with Gasteiger partial charge in [0.1, 0.15) is 5.75 Å². The van der Waals surface area contributed by atoms with Gasteiger partial charge in [0.2, 0.25) is 0 Å². The lowest BCUT2D eigenvalue weighted by Crippen LogP contribution is -2.44. The summed E-state index contributed by atoms with van der Waals surface area (Å²) in [7, 11) is 1.65. The largest absolute Gasteiger partial charge is 0.506 e. The molecule has 5 nitrogen and oxygen atoms in total. The van der Waals surface area contributed by atoms with Gasteiger partial charge in [0, 0.05) is 24.3 Å². The smallest absolute Gasteiger partial charge is 0.321 e. The van der Waals surface area contributed by atoms with E-state index in [1.54, 1.807) is 13.1 Å². The number of urea groups is 1. The topological polar surface area (TPSA) is 72.8 Å². The van der Waals surface area contributed by atoms with Gasteiger partial charge in [-0.25, -0.2) is 4.79 Å². The van der Waals surface area contributed by atoms with E-state index in [1.165, 1.54) is 24.3 Å². The molecule has 6 heteroatoms. The number of hydrogen-bond acceptors (Lipinski definition) is 3. The molecule has 0 spiro atoms. The fourth-order valence-corrected chi connectivity index (χ4v) is 2.97. The Hall–Kier alpha value is -1.46. The molecule has 0 aliphatic heterocycles. The highest BCUT2D eigenvalue weighted by molar-refractivity contribution is 6.32. The van der Waals surface area contributed by atoms with Crippen molar-refractivity contribution in [3.63, 3.8) is 0 Å². The fraction of sp³-hybridized carbons (Fsp3) is 0.562. The number of hydrogen-bond donors (Lipinski definition) is 3. The number of nitrogens with zero attached hydrogens (tertiary/aromatic N) is 1. The first kappa shape index (κ1) is 16.9. The van der Waals surface area contributed by atoms with Crippen LogP contribution in [0.25, 0.3) is 0 Å². The van der Waals surface area contributed by atoms with Gasteiger partial charge in [-0.05, 0) is 31.9 Å². The third-order valence-corrected chi connectivity index (χ3v) is 4.44. The molecular formula is C16H23ClN2O3. The summed E-state index contributed by atoms with van der Waals surface area (Å²) in [6.45, 7) is 1.54. The second kappa shape index (κ2) is 7.20. The molecule has 1 unspecified atom stereocenters. The Morgan fingerprint density at radius 1 is 1.36 bits per heavy atom. The predicted octanol–water partition coefficient (Wildman–Crippen LogP) is 3.58. The SMILES string of the molecule is CC(O)c1cc(N(C)C(=O)NC2CCCCC2)cc(Cl)c1O. The van der Waals surface area contributed by atoms with Crippen LogP contribution in [0.4, 0.5) is 10.5 Å². The zero-order valence-electron chi connectivity index (χ0n) is 13.0. The van der Waals surface area contributed by atoms with Crippen LogP contribution in [0, 0.1) is 0 Å². The minimum atomic E-state index is -0.868. The van der Waals surface area contributed by atoms with Crippen LogP contribution in [-0.2, 0) is 0 Å². The molecule has 1 aliphatic rings. The van der Waals surface area contributed by atoms with Crippen LogP contribution in [0.5, 0.6) is 5.75 Å². The standard InChI is InChI=1S/C16H23ClN2O3/c1-10(20)13-8-12(9-14(17)15(13)21)19(2)16(22)18-11-6-4-3-5-7-11/h8-11,20-21H,3-7H2,1-2H3,(H,18,22). The molecule has 1 aromatic carbocycles. The number of anilines is 1. The van der Waals surface area contributed by atoms with E-state index < -0.39 is 6.10 Å². The number of halogens is 1. The normalized spacial score (nSPS) is 17.1. The van der Waals surface area contributed by atoms with E-state index >= 15 is 0 Å². The highest BCUT2D eigenvalue weighted by atomic mass is 35.5. The van der Waals surface area contributed by atoms with Crippen LogP contribution >= 0.6 is 11.6 Å². The molecule has 22 heavy (non-hydrogen) atoms. The van der Waals surface area contributed by atoms with Crippen molar-refractivity contribution in [2.75, 3.05) is 11.9 Å². The molecule has 1 atom stereocenters. The van der Waals surface area contributed by atoms with Crippen molar-refractivity contribution in [1.29, 1.82) is 0 Å². The Kier molecular flexibility index (Phi) is 5.53. The van der Waals surface area contributed by atoms with Crippen LogP contribution in [0.1, 0.15) is 50.7 Å². The van der Waals surface area contributed by atoms with Crippen molar-refractivity contribution in [3.8, 4) is 5.75 Å². The van der Waals surface area contributed by atoms with Crippen molar-refractivity contribution in [2.45, 2.75) is 51.2 Å². The lowest BCUT2D eigenvalue weighted by Gasteiger charge is -2.26. The van der Waals surface area contributed by atoms with E-state index in [-0.39, 0.29) is 22.8 Å². The van der Waals surface area contributed by atoms with E-state index in [1.807, 2.05) is 0 Å². The molecule has 0 bridgehead atoms. The molecule has 1 aliphatic carbocycles. The quantitative estimate of drug-likeness (QED) is 0.795. The summed E-state index contributed by atoms with van der Waals surface area (Å²) in [6.07, 6.45) is 4.67. The number of aromatic hydroxyl groups is 1. The molecule has 122 valence electrons. The summed E-state index contributed by atoms with van der Waals surface area (Å²) in [6, 6.07) is 3.10. The van der Waals surface area contributed by atoms with E-state index in [4.69, 9.17) is 11.6 Å². The van der Waals surface area contributed by atoms with Gasteiger partial charge in [0.15, 0.2) is 0 Å². The summed E-state index contributed by atoms with van der Waals surface area (Å²) >= 11 is 5.98. The number of rotatable bonds is 3. The summed E-state index contributed by atoms with van der Waals surface area (Å²) in [5, 5.41) is 22.7. The highest BCUT2D eigenvalue weighted by Gasteiger charge is 2.21. The number of phenols is 1. The number of nitrogens with one attached hydrogen (secondary N) is 1. The second-order valence-corrected chi connectivity index (χ2v) is 6.29. The molecule has 1 saturated carbocycles. The number of phenolic OH excluding ortho intramolecular Hbond substituents is 1. The maximum atomic E-state index is 12.3. The van der Waals surface area contributed by atoms with Gasteiger partial charge < -0.3 is 15.5 Å². The second-order valence-electron chi connectivity index (χ2n) is 5.88. The van der Waals surface area contributed by atoms with Crippen LogP contribution in [0.2, 0.25) is 5.02 Å². The Morgan fingerprint density at radius 2 is 2.00 bits per heavy atom. The van der Waals surface area contributed by atoms with Crippen molar-refractivity contribution < 1.29 is 15.0 Å². The van der Waals surface area contributed by atoms with Gasteiger partial charge >= 0.3 is 6.03 Å². The first-order valence-corrected chi connectivity index (χ1v) is 8.02. The average Bonchev–Trinajstić information content (AvgIpc) is 2.49. The zero-order valence-corrected chi connectivity index (χ0v) is 13.7. The molecular weight excluding hydrogens is 304 g/mol. The molecule has 2 rings (SSSR count). The van der Waals surface area contributed by atoms with Gasteiger partial charge in [-0.1, -0.05) is 30.9 Å². The first-order valence-electron chi connectivity index (χ1n) is 7.65. The lowest BCUT2D eigenvalue weighted by atomic mass is 9.96. The van der Waals surface area contributed by atoms with E-state index in [9.17, 15) is 15.0 Å². The monoisotopic (exact) mass is 326 g/mol. The van der Waals surface area contributed by atoms with Gasteiger partial charge in [-0.3, -0.25) is 4.90 Å². The van der Waals surface area contributed by atoms with E-state index in [0.717, 1.165) is 25.7 Å². The van der Waals surface area contributed by atoms with Crippen molar-refractivity contribution in [2.24, 2.45) is 0 Å². The molecule has 0 saturated heterocycles. The fourth-order valence-electron chi connectivity index (χ4n) is 2.75. The first-order chi connectivity index (χ1) is 10.4. The molecule has 1 fully saturated rings. The highest BCUT2D eigenvalue weighted by Crippen LogP contribution is 2.36. The van der Waals surface area contributed by atoms with Gasteiger partial charge in [-0.2, -0.15) is 0 Å². The Morgan fingerprint density at radius 3 is 2.59 bits per heavy atom. The molecule has 0 radical (unpaired) electrons. The Bertz CT molecular complexity index is 542. The van der Waals surface area contributed by atoms with Gasteiger partial charge in [-0.15, -0.1) is 0 Å². The van der Waals surface area contributed by atoms with Crippen LogP contribution < -0.4 is 10.2 Å². The van der Waals surface area contributed by atoms with Crippen LogP contribution in [0.15, 0.2) is 12.1 Å². The zero-order chi connectivity index (χ0) is 16.3. The van der Waals surface area contributed by atoms with Crippen LogP contribution in [-0.4, -0.2) is 29.3 Å². The lowest BCUT2D eigenvalue weighted by molar-refractivity contribution is 0.195. The van der Waals surface area contributed by atoms with Crippen molar-refractivity contribution >= 4 is 23.3 Å². The minimum absolute atomic E-state index is 0.116. The number of amides is 2. The van der Waals surface area contributed by atoms with E-state index in [0.29, 0.717) is 11.3 Å². The maximum absolute atomic E-state index is 12.3. The van der Waals surface area contributed by atoms with Crippen LogP contribution in [0.3, 0.4) is 0 Å². The van der Waals surface area contributed by atoms with E-state index in [2.05, 4.69) is 5.32 Å². The number of aliphatic hydroxyl groups excluding tert-OH is 1. The molecule has 2 amide bonds. The Balaban J connectivity index is 2.14. The van der Waals surface area contributed by atoms with Gasteiger partial charge in [0.05, 0.1) is 11.1 Å². The number of aliphatic hydroxyl groups is 1. The summed E-state index contributed by atoms with van der Waals surface area (Å²) < 4.78 is 0. The number of carbonyl (C=O) groups excluding carboxylic acids is 1. The Labute approximate surface area is 135 Å². The molecule has 0 aromatic heterocycles. The third kappa shape index (κ3) is 3.84. The third-order valence-electron chi connectivity index (χ3n) is 4.15. The summed E-state index contributed by atoms with van der Waals surface area (Å²) in [4.78, 5) is 13.8. The minimum Gasteiger partial charge on any atom is -0.506 e. The predicted molar refractivity (Wildman–Crippen MR) is 87.6 cm³/mol. The number of carbonyl (C=O) groups is 1. The van der Waals surface area contributed by atoms with Crippen molar-refractivity contribution in [1.82, 2.24) is 5.32 Å². The average molecular weight is 327 g/mol. The molecule has 0 heterocycles. The molecule has 3 N–H and O–H groups in total. The summed E-state index contributed by atoms with van der Waals surface area (Å²) in [5.74, 6) is -0.151. The maximum Gasteiger partial charge on any atom is 0.321 e. The summed E-state index contributed by atoms with van der Waals surface area (Å²) in [5.41, 5.74) is 0.840. The van der Waals surface area contributed by atoms with Crippen molar-refractivity contribution in [3.05, 3.63) is 22.7 Å². The number of benzene rings is 1. The molecule has 1 aromatic rings. The van der Waals surface area contributed by atoms with Gasteiger partial charge in [0.25, 0.3) is 0 Å².